The van der Waals surface area contributed by atoms with Gasteiger partial charge in [-0.05, 0) is 6.42 Å². The minimum atomic E-state index is -0.805. The highest BCUT2D eigenvalue weighted by Crippen LogP contribution is 1.83. The van der Waals surface area contributed by atoms with Crippen LogP contribution in [-0.4, -0.2) is 24.0 Å². The summed E-state index contributed by atoms with van der Waals surface area (Å²) in [6, 6.07) is 0. The van der Waals surface area contributed by atoms with Crippen molar-refractivity contribution in [2.75, 3.05) is 13.2 Å². The molecule has 0 radical (unpaired) electrons. The van der Waals surface area contributed by atoms with E-state index in [1.807, 2.05) is 13.0 Å². The van der Waals surface area contributed by atoms with Crippen LogP contribution in [0.4, 0.5) is 0 Å². The number of hydrogen-bond donors (Lipinski definition) is 0. The van der Waals surface area contributed by atoms with Gasteiger partial charge in [-0.25, -0.2) is 4.79 Å². The molecule has 0 aliphatic carbocycles. The first-order valence-electron chi connectivity index (χ1n) is 3.59. The lowest BCUT2D eigenvalue weighted by molar-refractivity contribution is -0.470. The van der Waals surface area contributed by atoms with Crippen molar-refractivity contribution in [1.29, 1.82) is 0 Å². The summed E-state index contributed by atoms with van der Waals surface area (Å²) in [6.45, 7) is 1.29. The molecule has 68 valence electrons. The molecule has 0 atom stereocenters. The Bertz CT molecular complexity index is 188. The first-order chi connectivity index (χ1) is 5.66. The Balaban J connectivity index is 3.44. The van der Waals surface area contributed by atoms with E-state index >= 15 is 0 Å². The van der Waals surface area contributed by atoms with E-state index in [9.17, 15) is 14.9 Å². The molecule has 12 heavy (non-hydrogen) atoms. The summed E-state index contributed by atoms with van der Waals surface area (Å²) >= 11 is 0. The first kappa shape index (κ1) is 10.6. The minimum absolute atomic E-state index is 0.112. The van der Waals surface area contributed by atoms with Gasteiger partial charge in [0, 0.05) is 4.92 Å². The van der Waals surface area contributed by atoms with Gasteiger partial charge in [-0.1, -0.05) is 19.1 Å². The molecule has 5 nitrogen and oxygen atoms in total. The summed E-state index contributed by atoms with van der Waals surface area (Å²) in [4.78, 5) is 19.6. The average Bonchev–Trinajstić information content (AvgIpc) is 1.97. The van der Waals surface area contributed by atoms with Gasteiger partial charge in [0.15, 0.2) is 0 Å². The molecule has 0 aromatic heterocycles. The molecule has 0 rings (SSSR count). The smallest absolute Gasteiger partial charge is 0.378 e. The van der Waals surface area contributed by atoms with E-state index in [0.717, 1.165) is 6.42 Å². The molecule has 0 saturated heterocycles. The molecule has 0 unspecified atom stereocenters. The maximum Gasteiger partial charge on any atom is 0.378 e. The number of carbonyl (C=O) groups is 1. The number of hydrogen-bond acceptors (Lipinski definition) is 4. The summed E-state index contributed by atoms with van der Waals surface area (Å²) < 4.78 is 4.49. The second-order valence-corrected chi connectivity index (χ2v) is 2.05. The molecule has 0 heterocycles. The number of ether oxygens (including phenoxy) is 1. The SMILES string of the molecule is CC/C=C\COC(=O)C[N+](=O)[O-]. The third-order valence-electron chi connectivity index (χ3n) is 1.00. The average molecular weight is 173 g/mol. The molecular weight excluding hydrogens is 162 g/mol. The van der Waals surface area contributed by atoms with Crippen LogP contribution < -0.4 is 0 Å². The van der Waals surface area contributed by atoms with Gasteiger partial charge < -0.3 is 4.74 Å². The molecule has 5 heteroatoms. The van der Waals surface area contributed by atoms with Crippen molar-refractivity contribution in [1.82, 2.24) is 0 Å². The van der Waals surface area contributed by atoms with Crippen molar-refractivity contribution in [3.05, 3.63) is 22.3 Å². The van der Waals surface area contributed by atoms with Crippen LogP contribution in [0.15, 0.2) is 12.2 Å². The van der Waals surface area contributed by atoms with E-state index in [0.29, 0.717) is 0 Å². The molecule has 0 bridgehead atoms. The van der Waals surface area contributed by atoms with Crippen molar-refractivity contribution in [2.24, 2.45) is 0 Å². The van der Waals surface area contributed by atoms with Gasteiger partial charge in [0.05, 0.1) is 0 Å². The lowest BCUT2D eigenvalue weighted by Gasteiger charge is -1.95. The van der Waals surface area contributed by atoms with E-state index in [1.165, 1.54) is 0 Å². The molecule has 0 fully saturated rings. The maximum atomic E-state index is 10.5. The van der Waals surface area contributed by atoms with E-state index in [2.05, 4.69) is 4.74 Å². The summed E-state index contributed by atoms with van der Waals surface area (Å²) in [7, 11) is 0. The van der Waals surface area contributed by atoms with Crippen LogP contribution in [0.1, 0.15) is 13.3 Å². The Hall–Kier alpha value is -1.39. The van der Waals surface area contributed by atoms with Gasteiger partial charge in [-0.15, -0.1) is 0 Å². The number of carbonyl (C=O) groups excluding carboxylic acids is 1. The highest BCUT2D eigenvalue weighted by Gasteiger charge is 2.08. The van der Waals surface area contributed by atoms with E-state index in [-0.39, 0.29) is 6.61 Å². The normalized spacial score (nSPS) is 10.1. The zero-order valence-corrected chi connectivity index (χ0v) is 6.86. The maximum absolute atomic E-state index is 10.5. The first-order valence-corrected chi connectivity index (χ1v) is 3.59. The van der Waals surface area contributed by atoms with Gasteiger partial charge in [-0.2, -0.15) is 0 Å². The number of esters is 1. The van der Waals surface area contributed by atoms with Crippen molar-refractivity contribution in [3.63, 3.8) is 0 Å². The summed E-state index contributed by atoms with van der Waals surface area (Å²) in [6.07, 6.45) is 4.32. The topological polar surface area (TPSA) is 69.4 Å². The molecule has 0 amide bonds. The van der Waals surface area contributed by atoms with Gasteiger partial charge in [-0.3, -0.25) is 10.1 Å². The quantitative estimate of drug-likeness (QED) is 0.266. The van der Waals surface area contributed by atoms with Crippen LogP contribution in [0.25, 0.3) is 0 Å². The molecule has 0 aromatic carbocycles. The number of nitrogens with zero attached hydrogens (tertiary/aromatic N) is 1. The molecule has 0 saturated carbocycles. The molecule has 0 spiro atoms. The Kier molecular flexibility index (Phi) is 5.60. The fraction of sp³-hybridized carbons (Fsp3) is 0.571. The van der Waals surface area contributed by atoms with E-state index in [4.69, 9.17) is 0 Å². The van der Waals surface area contributed by atoms with Crippen LogP contribution in [0.5, 0.6) is 0 Å². The van der Waals surface area contributed by atoms with Crippen molar-refractivity contribution in [2.45, 2.75) is 13.3 Å². The van der Waals surface area contributed by atoms with Crippen LogP contribution in [0.2, 0.25) is 0 Å². The predicted molar refractivity (Wildman–Crippen MR) is 42.3 cm³/mol. The molecule has 0 aliphatic heterocycles. The zero-order chi connectivity index (χ0) is 9.40. The molecule has 0 N–H and O–H groups in total. The van der Waals surface area contributed by atoms with Gasteiger partial charge in [0.2, 0.25) is 0 Å². The summed E-state index contributed by atoms with van der Waals surface area (Å²) in [5.74, 6) is -0.805. The second kappa shape index (κ2) is 6.33. The van der Waals surface area contributed by atoms with Crippen molar-refractivity contribution >= 4 is 5.97 Å². The Morgan fingerprint density at radius 1 is 1.58 bits per heavy atom. The van der Waals surface area contributed by atoms with Gasteiger partial charge in [0.1, 0.15) is 6.61 Å². The number of rotatable bonds is 5. The molecule has 0 aliphatic rings. The highest BCUT2D eigenvalue weighted by atomic mass is 16.6. The Labute approximate surface area is 70.2 Å². The Morgan fingerprint density at radius 2 is 2.25 bits per heavy atom. The van der Waals surface area contributed by atoms with Gasteiger partial charge in [0.25, 0.3) is 6.54 Å². The lowest BCUT2D eigenvalue weighted by Crippen LogP contribution is -2.16. The highest BCUT2D eigenvalue weighted by molar-refractivity contribution is 5.70. The van der Waals surface area contributed by atoms with Crippen LogP contribution in [-0.2, 0) is 9.53 Å². The second-order valence-electron chi connectivity index (χ2n) is 2.05. The van der Waals surface area contributed by atoms with Crippen LogP contribution in [0.3, 0.4) is 0 Å². The van der Waals surface area contributed by atoms with Crippen molar-refractivity contribution < 1.29 is 14.5 Å². The molecule has 0 aromatic rings. The van der Waals surface area contributed by atoms with Crippen molar-refractivity contribution in [3.8, 4) is 0 Å². The summed E-state index contributed by atoms with van der Waals surface area (Å²) in [5.41, 5.74) is 0. The number of nitro groups is 1. The molecular formula is C7H11NO4. The van der Waals surface area contributed by atoms with Gasteiger partial charge >= 0.3 is 5.97 Å². The third kappa shape index (κ3) is 6.73. The monoisotopic (exact) mass is 173 g/mol. The lowest BCUT2D eigenvalue weighted by atomic mass is 10.4. The third-order valence-corrected chi connectivity index (χ3v) is 1.00. The van der Waals surface area contributed by atoms with Crippen LogP contribution >= 0.6 is 0 Å². The van der Waals surface area contributed by atoms with E-state index in [1.54, 1.807) is 6.08 Å². The Morgan fingerprint density at radius 3 is 2.75 bits per heavy atom. The fourth-order valence-corrected chi connectivity index (χ4v) is 0.527. The zero-order valence-electron chi connectivity index (χ0n) is 6.86. The minimum Gasteiger partial charge on any atom is -0.457 e. The largest absolute Gasteiger partial charge is 0.457 e. The predicted octanol–water partition coefficient (Wildman–Crippen LogP) is 0.772. The standard InChI is InChI=1S/C7H11NO4/c1-2-3-4-5-12-7(9)6-8(10)11/h3-4H,2,5-6H2,1H3/b4-3-. The summed E-state index contributed by atoms with van der Waals surface area (Å²) in [5, 5.41) is 9.79. The van der Waals surface area contributed by atoms with Crippen LogP contribution in [0, 0.1) is 10.1 Å². The van der Waals surface area contributed by atoms with E-state index < -0.39 is 17.4 Å². The fourth-order valence-electron chi connectivity index (χ4n) is 0.527. The number of allylic oxidation sites excluding steroid dienone is 1.